The van der Waals surface area contributed by atoms with Crippen LogP contribution in [0.4, 0.5) is 5.69 Å². The Hall–Kier alpha value is -2.21. The van der Waals surface area contributed by atoms with E-state index in [1.165, 1.54) is 0 Å². The number of methoxy groups -OCH3 is 1. The topological polar surface area (TPSA) is 64.6 Å². The van der Waals surface area contributed by atoms with E-state index in [-0.39, 0.29) is 4.90 Å². The number of hydrogen-bond donors (Lipinski definition) is 1. The average molecular weight is 321 g/mol. The van der Waals surface area contributed by atoms with Gasteiger partial charge < -0.3 is 9.47 Å². The molecule has 0 spiro atoms. The Labute approximate surface area is 130 Å². The normalized spacial score (nSPS) is 11.0. The largest absolute Gasteiger partial charge is 0.497 e. The molecule has 6 heteroatoms. The number of aryl methyl sites for hydroxylation is 1. The molecule has 2 aromatic rings. The third-order valence-corrected chi connectivity index (χ3v) is 4.43. The lowest BCUT2D eigenvalue weighted by molar-refractivity contribution is 0.331. The number of hydrogen-bond acceptors (Lipinski definition) is 4. The smallest absolute Gasteiger partial charge is 0.265 e. The molecule has 2 rings (SSSR count). The SMILES string of the molecule is CCOc1ccc(C)cc1S(=O)(=O)Nc1ccc(OC)cc1. The quantitative estimate of drug-likeness (QED) is 0.887. The molecule has 0 aliphatic carbocycles. The Balaban J connectivity index is 2.35. The third kappa shape index (κ3) is 3.71. The summed E-state index contributed by atoms with van der Waals surface area (Å²) in [7, 11) is -2.17. The Morgan fingerprint density at radius 1 is 1.09 bits per heavy atom. The van der Waals surface area contributed by atoms with Gasteiger partial charge in [-0.1, -0.05) is 6.07 Å². The van der Waals surface area contributed by atoms with Gasteiger partial charge in [0.05, 0.1) is 13.7 Å². The highest BCUT2D eigenvalue weighted by Gasteiger charge is 2.20. The fraction of sp³-hybridized carbons (Fsp3) is 0.250. The van der Waals surface area contributed by atoms with Gasteiger partial charge in [0.15, 0.2) is 0 Å². The van der Waals surface area contributed by atoms with Gasteiger partial charge in [-0.3, -0.25) is 4.72 Å². The van der Waals surface area contributed by atoms with Crippen LogP contribution in [-0.4, -0.2) is 22.1 Å². The van der Waals surface area contributed by atoms with Crippen LogP contribution in [0.5, 0.6) is 11.5 Å². The van der Waals surface area contributed by atoms with Crippen LogP contribution in [-0.2, 0) is 10.0 Å². The van der Waals surface area contributed by atoms with Crippen molar-refractivity contribution in [1.29, 1.82) is 0 Å². The van der Waals surface area contributed by atoms with E-state index in [9.17, 15) is 8.42 Å². The van der Waals surface area contributed by atoms with E-state index in [0.717, 1.165) is 5.56 Å². The fourth-order valence-corrected chi connectivity index (χ4v) is 3.26. The number of benzene rings is 2. The molecular weight excluding hydrogens is 302 g/mol. The minimum absolute atomic E-state index is 0.130. The van der Waals surface area contributed by atoms with E-state index in [0.29, 0.717) is 23.8 Å². The van der Waals surface area contributed by atoms with Crippen molar-refractivity contribution in [2.75, 3.05) is 18.4 Å². The summed E-state index contributed by atoms with van der Waals surface area (Å²) in [6.45, 7) is 4.05. The first kappa shape index (κ1) is 16.2. The Morgan fingerprint density at radius 2 is 1.77 bits per heavy atom. The maximum absolute atomic E-state index is 12.6. The molecule has 0 amide bonds. The van der Waals surface area contributed by atoms with Crippen molar-refractivity contribution in [1.82, 2.24) is 0 Å². The van der Waals surface area contributed by atoms with Gasteiger partial charge >= 0.3 is 0 Å². The summed E-state index contributed by atoms with van der Waals surface area (Å²) in [5.41, 5.74) is 1.31. The molecule has 2 aromatic carbocycles. The second-order valence-electron chi connectivity index (χ2n) is 4.72. The molecule has 0 saturated heterocycles. The van der Waals surface area contributed by atoms with E-state index < -0.39 is 10.0 Å². The molecule has 0 fully saturated rings. The second-order valence-corrected chi connectivity index (χ2v) is 6.37. The van der Waals surface area contributed by atoms with Crippen molar-refractivity contribution < 1.29 is 17.9 Å². The molecule has 1 N–H and O–H groups in total. The molecular formula is C16H19NO4S. The summed E-state index contributed by atoms with van der Waals surface area (Å²) < 4.78 is 38.2. The van der Waals surface area contributed by atoms with Crippen molar-refractivity contribution in [2.45, 2.75) is 18.7 Å². The molecule has 118 valence electrons. The zero-order valence-electron chi connectivity index (χ0n) is 12.8. The van der Waals surface area contributed by atoms with Crippen LogP contribution in [0.15, 0.2) is 47.4 Å². The number of anilines is 1. The van der Waals surface area contributed by atoms with Crippen molar-refractivity contribution in [3.63, 3.8) is 0 Å². The Morgan fingerprint density at radius 3 is 2.36 bits per heavy atom. The van der Waals surface area contributed by atoms with E-state index in [1.807, 2.05) is 19.9 Å². The number of ether oxygens (including phenoxy) is 2. The van der Waals surface area contributed by atoms with Crippen LogP contribution < -0.4 is 14.2 Å². The summed E-state index contributed by atoms with van der Waals surface area (Å²) in [5.74, 6) is 1.00. The molecule has 0 aliphatic rings. The van der Waals surface area contributed by atoms with Crippen molar-refractivity contribution in [3.8, 4) is 11.5 Å². The van der Waals surface area contributed by atoms with Crippen LogP contribution in [0, 0.1) is 6.92 Å². The van der Waals surface area contributed by atoms with Crippen molar-refractivity contribution in [3.05, 3.63) is 48.0 Å². The first-order chi connectivity index (χ1) is 10.5. The minimum Gasteiger partial charge on any atom is -0.497 e. The molecule has 0 saturated carbocycles. The highest BCUT2D eigenvalue weighted by atomic mass is 32.2. The van der Waals surface area contributed by atoms with Crippen molar-refractivity contribution in [2.24, 2.45) is 0 Å². The van der Waals surface area contributed by atoms with Crippen LogP contribution in [0.2, 0.25) is 0 Å². The highest BCUT2D eigenvalue weighted by Crippen LogP contribution is 2.27. The predicted octanol–water partition coefficient (Wildman–Crippen LogP) is 3.20. The van der Waals surface area contributed by atoms with Crippen LogP contribution in [0.3, 0.4) is 0 Å². The van der Waals surface area contributed by atoms with Gasteiger partial charge in [0.25, 0.3) is 10.0 Å². The number of sulfonamides is 1. The van der Waals surface area contributed by atoms with Crippen LogP contribution in [0.1, 0.15) is 12.5 Å². The molecule has 0 heterocycles. The van der Waals surface area contributed by atoms with E-state index in [4.69, 9.17) is 9.47 Å². The summed E-state index contributed by atoms with van der Waals surface area (Å²) in [6.07, 6.45) is 0. The maximum Gasteiger partial charge on any atom is 0.265 e. The average Bonchev–Trinajstić information content (AvgIpc) is 2.49. The van der Waals surface area contributed by atoms with E-state index in [2.05, 4.69) is 4.72 Å². The van der Waals surface area contributed by atoms with Gasteiger partial charge in [-0.15, -0.1) is 0 Å². The summed E-state index contributed by atoms with van der Waals surface area (Å²) >= 11 is 0. The lowest BCUT2D eigenvalue weighted by atomic mass is 10.2. The van der Waals surface area contributed by atoms with Crippen LogP contribution in [0.25, 0.3) is 0 Å². The van der Waals surface area contributed by atoms with Gasteiger partial charge in [-0.25, -0.2) is 8.42 Å². The lowest BCUT2D eigenvalue weighted by Gasteiger charge is -2.13. The molecule has 0 atom stereocenters. The predicted molar refractivity (Wildman–Crippen MR) is 86.2 cm³/mol. The monoisotopic (exact) mass is 321 g/mol. The fourth-order valence-electron chi connectivity index (χ4n) is 1.97. The minimum atomic E-state index is -3.72. The standard InChI is InChI=1S/C16H19NO4S/c1-4-21-15-10-5-12(2)11-16(15)22(18,19)17-13-6-8-14(20-3)9-7-13/h5-11,17H,4H2,1-3H3. The second kappa shape index (κ2) is 6.70. The third-order valence-electron chi connectivity index (χ3n) is 3.03. The lowest BCUT2D eigenvalue weighted by Crippen LogP contribution is -2.14. The summed E-state index contributed by atoms with van der Waals surface area (Å²) in [5, 5.41) is 0. The molecule has 0 radical (unpaired) electrons. The van der Waals surface area contributed by atoms with Crippen LogP contribution >= 0.6 is 0 Å². The summed E-state index contributed by atoms with van der Waals surface area (Å²) in [6, 6.07) is 11.8. The molecule has 5 nitrogen and oxygen atoms in total. The maximum atomic E-state index is 12.6. The number of rotatable bonds is 6. The molecule has 0 aliphatic heterocycles. The van der Waals surface area contributed by atoms with Gasteiger partial charge in [0.1, 0.15) is 16.4 Å². The Bertz CT molecular complexity index is 739. The van der Waals surface area contributed by atoms with E-state index >= 15 is 0 Å². The van der Waals surface area contributed by atoms with Crippen molar-refractivity contribution >= 4 is 15.7 Å². The van der Waals surface area contributed by atoms with Gasteiger partial charge in [0.2, 0.25) is 0 Å². The van der Waals surface area contributed by atoms with Gasteiger partial charge in [0, 0.05) is 5.69 Å². The molecule has 22 heavy (non-hydrogen) atoms. The summed E-state index contributed by atoms with van der Waals surface area (Å²) in [4.78, 5) is 0.130. The zero-order valence-corrected chi connectivity index (χ0v) is 13.6. The van der Waals surface area contributed by atoms with Gasteiger partial charge in [-0.05, 0) is 55.8 Å². The van der Waals surface area contributed by atoms with Gasteiger partial charge in [-0.2, -0.15) is 0 Å². The molecule has 0 unspecified atom stereocenters. The highest BCUT2D eigenvalue weighted by molar-refractivity contribution is 7.92. The van der Waals surface area contributed by atoms with E-state index in [1.54, 1.807) is 43.5 Å². The molecule has 0 bridgehead atoms. The number of nitrogens with one attached hydrogen (secondary N) is 1. The molecule has 0 aromatic heterocycles. The first-order valence-electron chi connectivity index (χ1n) is 6.86. The zero-order chi connectivity index (χ0) is 16.2. The Kier molecular flexibility index (Phi) is 4.92. The first-order valence-corrected chi connectivity index (χ1v) is 8.35.